The monoisotopic (exact) mass is 359 g/mol. The second kappa shape index (κ2) is 5.25. The summed E-state index contributed by atoms with van der Waals surface area (Å²) >= 11 is 11.6. The van der Waals surface area contributed by atoms with Crippen molar-refractivity contribution in [1.29, 1.82) is 0 Å². The number of halogens is 5. The van der Waals surface area contributed by atoms with Crippen molar-refractivity contribution >= 4 is 40.7 Å². The van der Waals surface area contributed by atoms with Gasteiger partial charge in [0.15, 0.2) is 0 Å². The Morgan fingerprint density at radius 1 is 0.870 bits per heavy atom. The molecule has 2 aromatic rings. The Morgan fingerprint density at radius 3 is 2.13 bits per heavy atom. The molecule has 8 heteroatoms. The van der Waals surface area contributed by atoms with Crippen LogP contribution in [0.4, 0.5) is 18.9 Å². The zero-order valence-corrected chi connectivity index (χ0v) is 12.6. The maximum absolute atomic E-state index is 12.7. The normalized spacial score (nSPS) is 14.4. The molecular weight excluding hydrogens is 354 g/mol. The smallest absolute Gasteiger partial charge is 0.268 e. The van der Waals surface area contributed by atoms with Crippen LogP contribution in [0.15, 0.2) is 36.4 Å². The van der Waals surface area contributed by atoms with E-state index in [1.54, 1.807) is 0 Å². The van der Waals surface area contributed by atoms with Crippen molar-refractivity contribution in [3.8, 4) is 0 Å². The lowest BCUT2D eigenvalue weighted by Gasteiger charge is -2.17. The number of imide groups is 1. The van der Waals surface area contributed by atoms with Gasteiger partial charge >= 0.3 is 6.18 Å². The molecule has 2 amide bonds. The lowest BCUT2D eigenvalue weighted by molar-refractivity contribution is -0.137. The van der Waals surface area contributed by atoms with E-state index in [1.165, 1.54) is 18.2 Å². The van der Waals surface area contributed by atoms with Gasteiger partial charge in [0.2, 0.25) is 0 Å². The minimum absolute atomic E-state index is 0.0819. The van der Waals surface area contributed by atoms with E-state index in [-0.39, 0.29) is 26.9 Å². The second-order valence-electron chi connectivity index (χ2n) is 4.80. The van der Waals surface area contributed by atoms with Gasteiger partial charge in [-0.05, 0) is 36.4 Å². The molecule has 0 aliphatic carbocycles. The summed E-state index contributed by atoms with van der Waals surface area (Å²) in [5.74, 6) is -1.35. The summed E-state index contributed by atoms with van der Waals surface area (Å²) in [7, 11) is 0. The second-order valence-corrected chi connectivity index (χ2v) is 5.64. The van der Waals surface area contributed by atoms with Crippen LogP contribution in [0.3, 0.4) is 0 Å². The molecule has 2 aromatic carbocycles. The molecule has 1 heterocycles. The topological polar surface area (TPSA) is 37.4 Å². The molecule has 0 fully saturated rings. The Hall–Kier alpha value is -2.05. The standard InChI is InChI=1S/C15H6Cl2F3NO2/c16-8-2-3-9-10(6-8)14(23)21(13(9)22)12-4-1-7(5-11(12)17)15(18,19)20/h1-6H. The average Bonchev–Trinajstić information content (AvgIpc) is 2.70. The molecule has 0 atom stereocenters. The van der Waals surface area contributed by atoms with Crippen LogP contribution in [0.25, 0.3) is 0 Å². The number of benzene rings is 2. The van der Waals surface area contributed by atoms with E-state index in [9.17, 15) is 22.8 Å². The summed E-state index contributed by atoms with van der Waals surface area (Å²) in [5.41, 5.74) is -0.873. The highest BCUT2D eigenvalue weighted by atomic mass is 35.5. The Morgan fingerprint density at radius 2 is 1.52 bits per heavy atom. The number of carbonyl (C=O) groups is 2. The van der Waals surface area contributed by atoms with Gasteiger partial charge in [0.25, 0.3) is 11.8 Å². The fourth-order valence-corrected chi connectivity index (χ4v) is 2.73. The first-order valence-corrected chi connectivity index (χ1v) is 7.01. The van der Waals surface area contributed by atoms with Crippen LogP contribution < -0.4 is 4.90 Å². The molecule has 0 aromatic heterocycles. The number of alkyl halides is 3. The zero-order chi connectivity index (χ0) is 16.9. The van der Waals surface area contributed by atoms with Crippen LogP contribution in [0.2, 0.25) is 10.0 Å². The van der Waals surface area contributed by atoms with E-state index in [4.69, 9.17) is 23.2 Å². The number of hydrogen-bond donors (Lipinski definition) is 0. The zero-order valence-electron chi connectivity index (χ0n) is 11.1. The van der Waals surface area contributed by atoms with Gasteiger partial charge in [0, 0.05) is 5.02 Å². The van der Waals surface area contributed by atoms with Crippen molar-refractivity contribution in [1.82, 2.24) is 0 Å². The first kappa shape index (κ1) is 15.8. The van der Waals surface area contributed by atoms with Crippen molar-refractivity contribution in [2.24, 2.45) is 0 Å². The summed E-state index contributed by atoms with van der Waals surface area (Å²) in [6.45, 7) is 0. The fraction of sp³-hybridized carbons (Fsp3) is 0.0667. The van der Waals surface area contributed by atoms with Gasteiger partial charge in [-0.25, -0.2) is 4.90 Å². The molecule has 0 saturated heterocycles. The molecule has 118 valence electrons. The summed E-state index contributed by atoms with van der Waals surface area (Å²) in [6.07, 6.45) is -4.57. The molecule has 1 aliphatic rings. The van der Waals surface area contributed by atoms with Crippen LogP contribution in [-0.2, 0) is 6.18 Å². The predicted molar refractivity (Wildman–Crippen MR) is 79.0 cm³/mol. The van der Waals surface area contributed by atoms with E-state index in [0.29, 0.717) is 6.07 Å². The van der Waals surface area contributed by atoms with E-state index in [2.05, 4.69) is 0 Å². The van der Waals surface area contributed by atoms with Crippen LogP contribution in [-0.4, -0.2) is 11.8 Å². The SMILES string of the molecule is O=C1c2ccc(Cl)cc2C(=O)N1c1ccc(C(F)(F)F)cc1Cl. The molecule has 0 N–H and O–H groups in total. The predicted octanol–water partition coefficient (Wildman–Crippen LogP) is 4.81. The lowest BCUT2D eigenvalue weighted by Crippen LogP contribution is -2.29. The maximum atomic E-state index is 12.7. The summed E-state index contributed by atoms with van der Waals surface area (Å²) in [4.78, 5) is 25.4. The number of nitrogens with zero attached hydrogens (tertiary/aromatic N) is 1. The third-order valence-electron chi connectivity index (χ3n) is 3.36. The number of rotatable bonds is 1. The number of hydrogen-bond acceptors (Lipinski definition) is 2. The van der Waals surface area contributed by atoms with Crippen LogP contribution in [0.5, 0.6) is 0 Å². The highest BCUT2D eigenvalue weighted by molar-refractivity contribution is 6.40. The van der Waals surface area contributed by atoms with Gasteiger partial charge in [-0.1, -0.05) is 23.2 Å². The van der Waals surface area contributed by atoms with Crippen molar-refractivity contribution < 1.29 is 22.8 Å². The van der Waals surface area contributed by atoms with E-state index in [1.807, 2.05) is 0 Å². The minimum atomic E-state index is -4.57. The van der Waals surface area contributed by atoms with Crippen molar-refractivity contribution in [2.45, 2.75) is 6.18 Å². The Bertz CT molecular complexity index is 849. The van der Waals surface area contributed by atoms with Gasteiger partial charge in [-0.15, -0.1) is 0 Å². The van der Waals surface area contributed by atoms with Crippen molar-refractivity contribution in [3.05, 3.63) is 63.1 Å². The lowest BCUT2D eigenvalue weighted by atomic mass is 10.1. The van der Waals surface area contributed by atoms with Gasteiger partial charge < -0.3 is 0 Å². The molecular formula is C15H6Cl2F3NO2. The highest BCUT2D eigenvalue weighted by Gasteiger charge is 2.38. The minimum Gasteiger partial charge on any atom is -0.268 e. The molecule has 0 radical (unpaired) electrons. The molecule has 1 aliphatic heterocycles. The Labute approximate surface area is 138 Å². The van der Waals surface area contributed by atoms with Crippen LogP contribution in [0, 0.1) is 0 Å². The van der Waals surface area contributed by atoms with Gasteiger partial charge in [-0.3, -0.25) is 9.59 Å². The Kier molecular flexibility index (Phi) is 3.61. The number of amides is 2. The van der Waals surface area contributed by atoms with Gasteiger partial charge in [0.1, 0.15) is 0 Å². The molecule has 0 unspecified atom stereocenters. The number of fused-ring (bicyclic) bond motifs is 1. The number of anilines is 1. The van der Waals surface area contributed by atoms with E-state index in [0.717, 1.165) is 17.0 Å². The summed E-state index contributed by atoms with van der Waals surface area (Å²) in [5, 5.41) is -0.0781. The summed E-state index contributed by atoms with van der Waals surface area (Å²) < 4.78 is 38.0. The van der Waals surface area contributed by atoms with Crippen molar-refractivity contribution in [3.63, 3.8) is 0 Å². The first-order valence-electron chi connectivity index (χ1n) is 6.25. The highest BCUT2D eigenvalue weighted by Crippen LogP contribution is 2.38. The molecule has 3 nitrogen and oxygen atoms in total. The average molecular weight is 360 g/mol. The summed E-state index contributed by atoms with van der Waals surface area (Å²) in [6, 6.07) is 6.59. The molecule has 0 spiro atoms. The fourth-order valence-electron chi connectivity index (χ4n) is 2.30. The largest absolute Gasteiger partial charge is 0.416 e. The maximum Gasteiger partial charge on any atom is 0.416 e. The van der Waals surface area contributed by atoms with E-state index < -0.39 is 23.6 Å². The molecule has 23 heavy (non-hydrogen) atoms. The Balaban J connectivity index is 2.07. The first-order chi connectivity index (χ1) is 10.7. The van der Waals surface area contributed by atoms with Crippen LogP contribution in [0.1, 0.15) is 26.3 Å². The molecule has 0 bridgehead atoms. The van der Waals surface area contributed by atoms with Gasteiger partial charge in [-0.2, -0.15) is 13.2 Å². The van der Waals surface area contributed by atoms with Crippen molar-refractivity contribution in [2.75, 3.05) is 4.90 Å². The van der Waals surface area contributed by atoms with Gasteiger partial charge in [0.05, 0.1) is 27.4 Å². The van der Waals surface area contributed by atoms with Crippen LogP contribution >= 0.6 is 23.2 Å². The number of carbonyl (C=O) groups excluding carboxylic acids is 2. The quantitative estimate of drug-likeness (QED) is 0.685. The third kappa shape index (κ3) is 2.58. The molecule has 0 saturated carbocycles. The molecule has 3 rings (SSSR count). The third-order valence-corrected chi connectivity index (χ3v) is 3.90. The van der Waals surface area contributed by atoms with E-state index >= 15 is 0 Å².